The second-order valence-electron chi connectivity index (χ2n) is 6.87. The van der Waals surface area contributed by atoms with Crippen LogP contribution in [0.1, 0.15) is 60.3 Å². The van der Waals surface area contributed by atoms with E-state index in [2.05, 4.69) is 45.0 Å². The van der Waals surface area contributed by atoms with E-state index in [1.54, 1.807) is 0 Å². The maximum absolute atomic E-state index is 12.4. The first-order valence-corrected chi connectivity index (χ1v) is 8.50. The summed E-state index contributed by atoms with van der Waals surface area (Å²) in [4.78, 5) is 14.8. The van der Waals surface area contributed by atoms with Crippen molar-refractivity contribution >= 4 is 5.97 Å². The standard InChI is InChI=1S/C17H34N2O2/c1-7-18-17(16(20)21-8-2)10-9-15(12-17)19(6)14(5)11-13(3)4/h13-15,18H,7-12H2,1-6H3. The predicted octanol–water partition coefficient (Wildman–Crippen LogP) is 2.82. The van der Waals surface area contributed by atoms with Crippen LogP contribution in [0.5, 0.6) is 0 Å². The summed E-state index contributed by atoms with van der Waals surface area (Å²) in [5.41, 5.74) is -0.471. The molecule has 4 heteroatoms. The highest BCUT2D eigenvalue weighted by molar-refractivity contribution is 5.81. The maximum atomic E-state index is 12.4. The lowest BCUT2D eigenvalue weighted by molar-refractivity contribution is -0.151. The smallest absolute Gasteiger partial charge is 0.326 e. The fourth-order valence-corrected chi connectivity index (χ4v) is 3.60. The number of likely N-dealkylation sites (N-methyl/N-ethyl adjacent to an activating group) is 1. The van der Waals surface area contributed by atoms with Crippen molar-refractivity contribution in [2.75, 3.05) is 20.2 Å². The average Bonchev–Trinajstić information content (AvgIpc) is 2.83. The molecule has 0 aromatic carbocycles. The molecule has 124 valence electrons. The molecule has 0 bridgehead atoms. The first kappa shape index (κ1) is 18.4. The van der Waals surface area contributed by atoms with Gasteiger partial charge in [0.15, 0.2) is 0 Å². The highest BCUT2D eigenvalue weighted by Crippen LogP contribution is 2.35. The van der Waals surface area contributed by atoms with Gasteiger partial charge in [0.05, 0.1) is 6.61 Å². The average molecular weight is 298 g/mol. The molecule has 1 aliphatic rings. The Morgan fingerprint density at radius 2 is 2.05 bits per heavy atom. The van der Waals surface area contributed by atoms with Crippen molar-refractivity contribution in [3.8, 4) is 0 Å². The van der Waals surface area contributed by atoms with Crippen molar-refractivity contribution in [3.63, 3.8) is 0 Å². The Morgan fingerprint density at radius 1 is 1.38 bits per heavy atom. The molecular formula is C17H34N2O2. The molecule has 1 rings (SSSR count). The molecule has 3 unspecified atom stereocenters. The summed E-state index contributed by atoms with van der Waals surface area (Å²) in [6.45, 7) is 12.0. The van der Waals surface area contributed by atoms with Crippen LogP contribution in [-0.4, -0.2) is 48.7 Å². The minimum Gasteiger partial charge on any atom is -0.465 e. The number of carbonyl (C=O) groups is 1. The van der Waals surface area contributed by atoms with Gasteiger partial charge < -0.3 is 15.0 Å². The Balaban J connectivity index is 2.71. The van der Waals surface area contributed by atoms with E-state index in [9.17, 15) is 4.79 Å². The number of nitrogens with zero attached hydrogens (tertiary/aromatic N) is 1. The van der Waals surface area contributed by atoms with E-state index in [-0.39, 0.29) is 5.97 Å². The Kier molecular flexibility index (Phi) is 7.14. The molecule has 1 N–H and O–H groups in total. The number of ether oxygens (including phenoxy) is 1. The summed E-state index contributed by atoms with van der Waals surface area (Å²) >= 11 is 0. The molecule has 0 amide bonds. The van der Waals surface area contributed by atoms with E-state index in [1.807, 2.05) is 6.92 Å². The molecule has 1 fully saturated rings. The van der Waals surface area contributed by atoms with Crippen LogP contribution in [0, 0.1) is 5.92 Å². The van der Waals surface area contributed by atoms with Crippen LogP contribution in [-0.2, 0) is 9.53 Å². The number of nitrogens with one attached hydrogen (secondary N) is 1. The van der Waals surface area contributed by atoms with E-state index < -0.39 is 5.54 Å². The first-order chi connectivity index (χ1) is 9.86. The normalized spacial score (nSPS) is 27.3. The molecule has 1 aliphatic carbocycles. The highest BCUT2D eigenvalue weighted by Gasteiger charge is 2.47. The van der Waals surface area contributed by atoms with Crippen LogP contribution in [0.25, 0.3) is 0 Å². The minimum atomic E-state index is -0.471. The van der Waals surface area contributed by atoms with Crippen LogP contribution in [0.15, 0.2) is 0 Å². The quantitative estimate of drug-likeness (QED) is 0.700. The highest BCUT2D eigenvalue weighted by atomic mass is 16.5. The Labute approximate surface area is 130 Å². The molecule has 0 heterocycles. The zero-order chi connectivity index (χ0) is 16.0. The summed E-state index contributed by atoms with van der Waals surface area (Å²) < 4.78 is 5.31. The molecular weight excluding hydrogens is 264 g/mol. The summed E-state index contributed by atoms with van der Waals surface area (Å²) in [5, 5.41) is 3.41. The topological polar surface area (TPSA) is 41.6 Å². The monoisotopic (exact) mass is 298 g/mol. The van der Waals surface area contributed by atoms with Crippen molar-refractivity contribution in [1.29, 1.82) is 0 Å². The van der Waals surface area contributed by atoms with Gasteiger partial charge in [0.1, 0.15) is 5.54 Å². The third-order valence-corrected chi connectivity index (χ3v) is 4.75. The van der Waals surface area contributed by atoms with E-state index in [0.29, 0.717) is 24.6 Å². The van der Waals surface area contributed by atoms with Crippen molar-refractivity contribution in [3.05, 3.63) is 0 Å². The van der Waals surface area contributed by atoms with Crippen molar-refractivity contribution in [2.45, 2.75) is 77.9 Å². The number of hydrogen-bond acceptors (Lipinski definition) is 4. The lowest BCUT2D eigenvalue weighted by atomic mass is 9.96. The van der Waals surface area contributed by atoms with E-state index >= 15 is 0 Å². The molecule has 3 atom stereocenters. The number of rotatable bonds is 8. The van der Waals surface area contributed by atoms with Gasteiger partial charge in [-0.1, -0.05) is 20.8 Å². The molecule has 21 heavy (non-hydrogen) atoms. The Bertz CT molecular complexity index is 333. The zero-order valence-electron chi connectivity index (χ0n) is 14.7. The molecule has 0 aliphatic heterocycles. The fourth-order valence-electron chi connectivity index (χ4n) is 3.60. The fraction of sp³-hybridized carbons (Fsp3) is 0.941. The zero-order valence-corrected chi connectivity index (χ0v) is 14.7. The lowest BCUT2D eigenvalue weighted by Crippen LogP contribution is -2.52. The third-order valence-electron chi connectivity index (χ3n) is 4.75. The first-order valence-electron chi connectivity index (χ1n) is 8.50. The number of esters is 1. The molecule has 0 spiro atoms. The van der Waals surface area contributed by atoms with Crippen LogP contribution in [0.4, 0.5) is 0 Å². The Morgan fingerprint density at radius 3 is 2.57 bits per heavy atom. The molecule has 1 saturated carbocycles. The predicted molar refractivity (Wildman–Crippen MR) is 87.4 cm³/mol. The third kappa shape index (κ3) is 4.68. The lowest BCUT2D eigenvalue weighted by Gasteiger charge is -2.33. The largest absolute Gasteiger partial charge is 0.465 e. The van der Waals surface area contributed by atoms with Gasteiger partial charge in [-0.25, -0.2) is 0 Å². The maximum Gasteiger partial charge on any atom is 0.326 e. The SMILES string of the molecule is CCNC1(C(=O)OCC)CCC(N(C)C(C)CC(C)C)C1. The van der Waals surface area contributed by atoms with Crippen molar-refractivity contribution in [1.82, 2.24) is 10.2 Å². The molecule has 0 radical (unpaired) electrons. The van der Waals surface area contributed by atoms with Crippen molar-refractivity contribution < 1.29 is 9.53 Å². The van der Waals surface area contributed by atoms with Crippen LogP contribution >= 0.6 is 0 Å². The van der Waals surface area contributed by atoms with Gasteiger partial charge in [-0.15, -0.1) is 0 Å². The van der Waals surface area contributed by atoms with Crippen LogP contribution < -0.4 is 5.32 Å². The second-order valence-corrected chi connectivity index (χ2v) is 6.87. The van der Waals surface area contributed by atoms with E-state index in [1.165, 1.54) is 6.42 Å². The summed E-state index contributed by atoms with van der Waals surface area (Å²) in [5.74, 6) is 0.631. The van der Waals surface area contributed by atoms with Gasteiger partial charge in [-0.05, 0) is 59.0 Å². The summed E-state index contributed by atoms with van der Waals surface area (Å²) in [6, 6.07) is 1.01. The number of hydrogen-bond donors (Lipinski definition) is 1. The summed E-state index contributed by atoms with van der Waals surface area (Å²) in [7, 11) is 2.20. The van der Waals surface area contributed by atoms with Gasteiger partial charge in [0.25, 0.3) is 0 Å². The van der Waals surface area contributed by atoms with Crippen molar-refractivity contribution in [2.24, 2.45) is 5.92 Å². The summed E-state index contributed by atoms with van der Waals surface area (Å²) in [6.07, 6.45) is 3.99. The van der Waals surface area contributed by atoms with Gasteiger partial charge in [0.2, 0.25) is 0 Å². The molecule has 4 nitrogen and oxygen atoms in total. The molecule has 0 aromatic rings. The number of carbonyl (C=O) groups excluding carboxylic acids is 1. The van der Waals surface area contributed by atoms with Gasteiger partial charge in [-0.3, -0.25) is 4.79 Å². The Hall–Kier alpha value is -0.610. The second kappa shape index (κ2) is 8.14. The molecule has 0 aromatic heterocycles. The van der Waals surface area contributed by atoms with Gasteiger partial charge in [0, 0.05) is 12.1 Å². The van der Waals surface area contributed by atoms with E-state index in [4.69, 9.17) is 4.74 Å². The van der Waals surface area contributed by atoms with Crippen LogP contribution in [0.2, 0.25) is 0 Å². The van der Waals surface area contributed by atoms with Gasteiger partial charge >= 0.3 is 5.97 Å². The molecule has 0 saturated heterocycles. The minimum absolute atomic E-state index is 0.0701. The van der Waals surface area contributed by atoms with E-state index in [0.717, 1.165) is 25.8 Å². The van der Waals surface area contributed by atoms with Gasteiger partial charge in [-0.2, -0.15) is 0 Å². The van der Waals surface area contributed by atoms with Crippen LogP contribution in [0.3, 0.4) is 0 Å².